The number of aromatic nitrogens is 2. The summed E-state index contributed by atoms with van der Waals surface area (Å²) in [6.45, 7) is 0.237. The second-order valence-electron chi connectivity index (χ2n) is 3.00. The molecule has 1 heterocycles. The lowest BCUT2D eigenvalue weighted by Gasteiger charge is -1.99. The highest BCUT2D eigenvalue weighted by atomic mass is 16.5. The SMILES string of the molecule is O=C(NO)NCc1nc2ccccc2[nH]1. The second kappa shape index (κ2) is 3.97. The van der Waals surface area contributed by atoms with E-state index in [1.165, 1.54) is 5.48 Å². The maximum Gasteiger partial charge on any atom is 0.338 e. The van der Waals surface area contributed by atoms with E-state index in [0.717, 1.165) is 11.0 Å². The van der Waals surface area contributed by atoms with E-state index in [4.69, 9.17) is 5.21 Å². The van der Waals surface area contributed by atoms with Crippen LogP contribution in [-0.2, 0) is 6.54 Å². The first-order valence-corrected chi connectivity index (χ1v) is 4.41. The topological polar surface area (TPSA) is 90.0 Å². The molecule has 2 rings (SSSR count). The molecule has 0 fully saturated rings. The van der Waals surface area contributed by atoms with Crippen molar-refractivity contribution in [3.05, 3.63) is 30.1 Å². The lowest BCUT2D eigenvalue weighted by Crippen LogP contribution is -2.32. The van der Waals surface area contributed by atoms with Gasteiger partial charge in [-0.1, -0.05) is 12.1 Å². The Morgan fingerprint density at radius 1 is 1.47 bits per heavy atom. The molecule has 0 unspecified atom stereocenters. The highest BCUT2D eigenvalue weighted by Crippen LogP contribution is 2.09. The summed E-state index contributed by atoms with van der Waals surface area (Å²) in [4.78, 5) is 18.0. The number of fused-ring (bicyclic) bond motifs is 1. The number of hydrogen-bond acceptors (Lipinski definition) is 3. The monoisotopic (exact) mass is 206 g/mol. The lowest BCUT2D eigenvalue weighted by atomic mass is 10.3. The van der Waals surface area contributed by atoms with Crippen molar-refractivity contribution in [1.29, 1.82) is 0 Å². The van der Waals surface area contributed by atoms with Gasteiger partial charge in [-0.05, 0) is 12.1 Å². The average Bonchev–Trinajstić information content (AvgIpc) is 2.68. The molecule has 6 nitrogen and oxygen atoms in total. The van der Waals surface area contributed by atoms with Gasteiger partial charge >= 0.3 is 6.03 Å². The summed E-state index contributed by atoms with van der Waals surface area (Å²) in [5.41, 5.74) is 3.24. The third-order valence-electron chi connectivity index (χ3n) is 1.96. The fourth-order valence-electron chi connectivity index (χ4n) is 1.29. The van der Waals surface area contributed by atoms with E-state index >= 15 is 0 Å². The maximum atomic E-state index is 10.7. The van der Waals surface area contributed by atoms with E-state index in [9.17, 15) is 4.79 Å². The third kappa shape index (κ3) is 2.05. The zero-order valence-corrected chi connectivity index (χ0v) is 7.82. The fourth-order valence-corrected chi connectivity index (χ4v) is 1.29. The molecule has 2 aromatic rings. The van der Waals surface area contributed by atoms with Gasteiger partial charge in [-0.15, -0.1) is 0 Å². The summed E-state index contributed by atoms with van der Waals surface area (Å²) in [7, 11) is 0. The van der Waals surface area contributed by atoms with Crippen LogP contribution in [0.15, 0.2) is 24.3 Å². The van der Waals surface area contributed by atoms with Crippen LogP contribution in [0.3, 0.4) is 0 Å². The Kier molecular flexibility index (Phi) is 2.51. The molecule has 0 radical (unpaired) electrons. The van der Waals surface area contributed by atoms with Crippen molar-refractivity contribution in [2.24, 2.45) is 0 Å². The van der Waals surface area contributed by atoms with Crippen LogP contribution in [-0.4, -0.2) is 21.2 Å². The molecular formula is C9H10N4O2. The Balaban J connectivity index is 2.12. The molecule has 0 aliphatic heterocycles. The molecule has 1 aromatic carbocycles. The quantitative estimate of drug-likeness (QED) is 0.431. The number of nitrogens with zero attached hydrogens (tertiary/aromatic N) is 1. The number of carbonyl (C=O) groups excluding carboxylic acids is 1. The molecule has 0 spiro atoms. The van der Waals surface area contributed by atoms with Gasteiger partial charge in [0.25, 0.3) is 0 Å². The van der Waals surface area contributed by atoms with Crippen LogP contribution in [0.2, 0.25) is 0 Å². The number of rotatable bonds is 2. The van der Waals surface area contributed by atoms with E-state index in [1.54, 1.807) is 0 Å². The summed E-state index contributed by atoms with van der Waals surface area (Å²) in [5.74, 6) is 0.639. The molecule has 0 atom stereocenters. The molecular weight excluding hydrogens is 196 g/mol. The van der Waals surface area contributed by atoms with Gasteiger partial charge in [-0.25, -0.2) is 15.3 Å². The van der Waals surface area contributed by atoms with E-state index in [2.05, 4.69) is 15.3 Å². The molecule has 0 bridgehead atoms. The molecule has 78 valence electrons. The number of carbonyl (C=O) groups is 1. The number of para-hydroxylation sites is 2. The molecule has 15 heavy (non-hydrogen) atoms. The number of amides is 2. The molecule has 0 saturated heterocycles. The summed E-state index contributed by atoms with van der Waals surface area (Å²) in [5, 5.41) is 10.7. The lowest BCUT2D eigenvalue weighted by molar-refractivity contribution is 0.161. The van der Waals surface area contributed by atoms with E-state index in [-0.39, 0.29) is 6.54 Å². The highest BCUT2D eigenvalue weighted by molar-refractivity contribution is 5.75. The number of aromatic amines is 1. The molecule has 0 aliphatic carbocycles. The predicted octanol–water partition coefficient (Wildman–Crippen LogP) is 0.751. The first-order chi connectivity index (χ1) is 7.29. The minimum Gasteiger partial charge on any atom is -0.340 e. The number of H-pyrrole nitrogens is 1. The Labute approximate surface area is 85.3 Å². The number of hydroxylamine groups is 1. The van der Waals surface area contributed by atoms with Crippen LogP contribution < -0.4 is 10.8 Å². The Morgan fingerprint density at radius 3 is 3.00 bits per heavy atom. The van der Waals surface area contributed by atoms with Gasteiger partial charge in [0.2, 0.25) is 0 Å². The minimum atomic E-state index is -0.657. The molecule has 1 aromatic heterocycles. The van der Waals surface area contributed by atoms with Crippen molar-refractivity contribution in [2.45, 2.75) is 6.54 Å². The predicted molar refractivity (Wildman–Crippen MR) is 53.3 cm³/mol. The molecule has 0 aliphatic rings. The van der Waals surface area contributed by atoms with Crippen LogP contribution in [0.25, 0.3) is 11.0 Å². The van der Waals surface area contributed by atoms with Crippen molar-refractivity contribution in [3.8, 4) is 0 Å². The molecule has 2 amide bonds. The van der Waals surface area contributed by atoms with Gasteiger partial charge in [-0.3, -0.25) is 5.21 Å². The molecule has 6 heteroatoms. The number of imidazole rings is 1. The van der Waals surface area contributed by atoms with Crippen molar-refractivity contribution in [3.63, 3.8) is 0 Å². The van der Waals surface area contributed by atoms with Crippen molar-refractivity contribution < 1.29 is 10.0 Å². The maximum absolute atomic E-state index is 10.7. The van der Waals surface area contributed by atoms with Crippen molar-refractivity contribution in [2.75, 3.05) is 0 Å². The Morgan fingerprint density at radius 2 is 2.27 bits per heavy atom. The van der Waals surface area contributed by atoms with Crippen molar-refractivity contribution in [1.82, 2.24) is 20.8 Å². The summed E-state index contributed by atoms with van der Waals surface area (Å²) in [6.07, 6.45) is 0. The van der Waals surface area contributed by atoms with E-state index in [0.29, 0.717) is 5.82 Å². The van der Waals surface area contributed by atoms with Gasteiger partial charge in [-0.2, -0.15) is 0 Å². The van der Waals surface area contributed by atoms with Crippen molar-refractivity contribution >= 4 is 17.1 Å². The third-order valence-corrected chi connectivity index (χ3v) is 1.96. The highest BCUT2D eigenvalue weighted by Gasteiger charge is 2.03. The van der Waals surface area contributed by atoms with Crippen LogP contribution in [0.1, 0.15) is 5.82 Å². The van der Waals surface area contributed by atoms with Crippen LogP contribution in [0.5, 0.6) is 0 Å². The number of urea groups is 1. The Bertz CT molecular complexity index is 447. The van der Waals surface area contributed by atoms with Crippen LogP contribution in [0, 0.1) is 0 Å². The van der Waals surface area contributed by atoms with E-state index in [1.807, 2.05) is 24.3 Å². The van der Waals surface area contributed by atoms with Gasteiger partial charge in [0, 0.05) is 0 Å². The zero-order valence-electron chi connectivity index (χ0n) is 7.82. The fraction of sp³-hybridized carbons (Fsp3) is 0.111. The average molecular weight is 206 g/mol. The normalized spacial score (nSPS) is 10.2. The Hall–Kier alpha value is -2.08. The van der Waals surface area contributed by atoms with Gasteiger partial charge < -0.3 is 10.3 Å². The summed E-state index contributed by atoms with van der Waals surface area (Å²) in [6, 6.07) is 6.91. The number of hydrogen-bond donors (Lipinski definition) is 4. The first kappa shape index (κ1) is 9.47. The van der Waals surface area contributed by atoms with Gasteiger partial charge in [0.1, 0.15) is 5.82 Å². The molecule has 4 N–H and O–H groups in total. The van der Waals surface area contributed by atoms with Gasteiger partial charge in [0.05, 0.1) is 17.6 Å². The first-order valence-electron chi connectivity index (χ1n) is 4.41. The van der Waals surface area contributed by atoms with E-state index < -0.39 is 6.03 Å². The number of benzene rings is 1. The molecule has 0 saturated carbocycles. The minimum absolute atomic E-state index is 0.237. The smallest absolute Gasteiger partial charge is 0.338 e. The summed E-state index contributed by atoms with van der Waals surface area (Å²) >= 11 is 0. The van der Waals surface area contributed by atoms with Crippen LogP contribution in [0.4, 0.5) is 4.79 Å². The zero-order chi connectivity index (χ0) is 10.7. The summed E-state index contributed by atoms with van der Waals surface area (Å²) < 4.78 is 0. The number of nitrogens with one attached hydrogen (secondary N) is 3. The standard InChI is InChI=1S/C9H10N4O2/c14-9(13-15)10-5-8-11-6-3-1-2-4-7(6)12-8/h1-4,15H,5H2,(H,11,12)(H2,10,13,14). The largest absolute Gasteiger partial charge is 0.340 e. The van der Waals surface area contributed by atoms with Gasteiger partial charge in [0.15, 0.2) is 0 Å². The second-order valence-corrected chi connectivity index (χ2v) is 3.00. The van der Waals surface area contributed by atoms with Crippen LogP contribution >= 0.6 is 0 Å².